The molecule has 34 heavy (non-hydrogen) atoms. The van der Waals surface area contributed by atoms with E-state index in [0.29, 0.717) is 50.8 Å². The molecule has 0 aliphatic heterocycles. The van der Waals surface area contributed by atoms with Crippen molar-refractivity contribution in [3.63, 3.8) is 0 Å². The molecule has 2 rings (SSSR count). The Morgan fingerprint density at radius 2 is 1.56 bits per heavy atom. The molecular weight excluding hydrogens is 447 g/mol. The lowest BCUT2D eigenvalue weighted by Crippen LogP contribution is -2.33. The standard InChI is InChI=1S/C27H45N2O4P/c1-22(2)29(23(3)4)34(33-20-18-28-5)32-19-14-10-6-7-13-17-27(30)31-21-26-24-15-11-8-9-12-16-25(24)26/h22-26H,6-7,10-21H2,1-4H3/t24-,25+,26?,34?. The fraction of sp³-hybridized carbons (Fsp3) is 0.852. The summed E-state index contributed by atoms with van der Waals surface area (Å²) in [7, 11) is -1.14. The van der Waals surface area contributed by atoms with Crippen molar-refractivity contribution in [3.05, 3.63) is 11.4 Å². The van der Waals surface area contributed by atoms with Gasteiger partial charge in [0.2, 0.25) is 6.54 Å². The molecule has 0 aromatic heterocycles. The second-order valence-electron chi connectivity index (χ2n) is 9.98. The predicted octanol–water partition coefficient (Wildman–Crippen LogP) is 6.61. The highest BCUT2D eigenvalue weighted by Gasteiger charge is 2.49. The van der Waals surface area contributed by atoms with Crippen LogP contribution in [0.5, 0.6) is 0 Å². The number of esters is 1. The monoisotopic (exact) mass is 492 g/mol. The van der Waals surface area contributed by atoms with Crippen LogP contribution in [0.3, 0.4) is 0 Å². The molecule has 2 unspecified atom stereocenters. The molecule has 6 nitrogen and oxygen atoms in total. The summed E-state index contributed by atoms with van der Waals surface area (Å²) in [5.74, 6) is 8.46. The van der Waals surface area contributed by atoms with Crippen molar-refractivity contribution < 1.29 is 18.6 Å². The van der Waals surface area contributed by atoms with Gasteiger partial charge in [-0.05, 0) is 71.1 Å². The smallest absolute Gasteiger partial charge is 0.305 e. The molecule has 0 amide bonds. The summed E-state index contributed by atoms with van der Waals surface area (Å²) in [6.45, 7) is 17.6. The van der Waals surface area contributed by atoms with Crippen molar-refractivity contribution in [1.82, 2.24) is 4.67 Å². The summed E-state index contributed by atoms with van der Waals surface area (Å²) in [5.41, 5.74) is 0. The number of rotatable bonds is 17. The lowest BCUT2D eigenvalue weighted by Gasteiger charge is -2.35. The van der Waals surface area contributed by atoms with Crippen LogP contribution in [0.4, 0.5) is 0 Å². The van der Waals surface area contributed by atoms with Gasteiger partial charge in [-0.3, -0.25) is 4.79 Å². The Bertz CT molecular complexity index is 671. The van der Waals surface area contributed by atoms with Crippen molar-refractivity contribution in [2.45, 2.75) is 104 Å². The topological polar surface area (TPSA) is 52.4 Å². The van der Waals surface area contributed by atoms with Crippen LogP contribution < -0.4 is 0 Å². The summed E-state index contributed by atoms with van der Waals surface area (Å²) >= 11 is 0. The summed E-state index contributed by atoms with van der Waals surface area (Å²) in [5, 5.41) is 0. The minimum Gasteiger partial charge on any atom is -0.465 e. The fourth-order valence-corrected chi connectivity index (χ4v) is 6.52. The molecule has 0 heterocycles. The Hall–Kier alpha value is -1.17. The largest absolute Gasteiger partial charge is 0.465 e. The third kappa shape index (κ3) is 10.6. The molecule has 4 atom stereocenters. The zero-order chi connectivity index (χ0) is 24.8. The summed E-state index contributed by atoms with van der Waals surface area (Å²) in [6, 6.07) is 0.650. The molecule has 7 heteroatoms. The van der Waals surface area contributed by atoms with Gasteiger partial charge in [-0.25, -0.2) is 11.2 Å². The van der Waals surface area contributed by atoms with Crippen LogP contribution in [0.2, 0.25) is 0 Å². The van der Waals surface area contributed by atoms with Crippen LogP contribution >= 0.6 is 8.53 Å². The molecule has 192 valence electrons. The van der Waals surface area contributed by atoms with Gasteiger partial charge in [0.25, 0.3) is 8.53 Å². The van der Waals surface area contributed by atoms with Crippen LogP contribution in [0, 0.1) is 36.2 Å². The first-order valence-electron chi connectivity index (χ1n) is 13.2. The van der Waals surface area contributed by atoms with Gasteiger partial charge in [-0.15, -0.1) is 11.8 Å². The van der Waals surface area contributed by atoms with E-state index >= 15 is 0 Å². The number of hydrogen-bond donors (Lipinski definition) is 0. The average molecular weight is 493 g/mol. The zero-order valence-corrected chi connectivity index (χ0v) is 22.7. The van der Waals surface area contributed by atoms with Gasteiger partial charge < -0.3 is 18.6 Å². The highest BCUT2D eigenvalue weighted by Crippen LogP contribution is 2.52. The van der Waals surface area contributed by atoms with E-state index in [1.807, 2.05) is 0 Å². The van der Waals surface area contributed by atoms with E-state index in [0.717, 1.165) is 56.8 Å². The first kappa shape index (κ1) is 29.1. The average Bonchev–Trinajstić information content (AvgIpc) is 3.42. The molecule has 0 bridgehead atoms. The first-order chi connectivity index (χ1) is 16.5. The van der Waals surface area contributed by atoms with Gasteiger partial charge in [0.1, 0.15) is 6.61 Å². The molecule has 0 saturated heterocycles. The first-order valence-corrected chi connectivity index (χ1v) is 14.4. The number of fused-ring (bicyclic) bond motifs is 1. The maximum atomic E-state index is 12.1. The summed E-state index contributed by atoms with van der Waals surface area (Å²) in [4.78, 5) is 15.5. The number of carbonyl (C=O) groups is 1. The van der Waals surface area contributed by atoms with Crippen LogP contribution in [0.1, 0.15) is 91.9 Å². The van der Waals surface area contributed by atoms with Crippen LogP contribution in [-0.4, -0.2) is 49.1 Å². The van der Waals surface area contributed by atoms with E-state index in [1.54, 1.807) is 0 Å². The van der Waals surface area contributed by atoms with Crippen LogP contribution in [-0.2, 0) is 18.6 Å². The van der Waals surface area contributed by atoms with Crippen molar-refractivity contribution in [1.29, 1.82) is 0 Å². The Morgan fingerprint density at radius 3 is 2.18 bits per heavy atom. The Balaban J connectivity index is 1.51. The Labute approximate surface area is 209 Å². The van der Waals surface area contributed by atoms with E-state index in [4.69, 9.17) is 20.4 Å². The highest BCUT2D eigenvalue weighted by atomic mass is 31.2. The third-order valence-corrected chi connectivity index (χ3v) is 8.76. The van der Waals surface area contributed by atoms with Gasteiger partial charge in [0.05, 0.1) is 13.2 Å². The lowest BCUT2D eigenvalue weighted by atomic mass is 10.1. The fourth-order valence-electron chi connectivity index (χ4n) is 4.90. The molecule has 2 aliphatic carbocycles. The molecular formula is C27H45N2O4P. The zero-order valence-electron chi connectivity index (χ0n) is 21.8. The second kappa shape index (κ2) is 16.5. The van der Waals surface area contributed by atoms with Gasteiger partial charge in [0, 0.05) is 31.3 Å². The quantitative estimate of drug-likeness (QED) is 0.0752. The third-order valence-electron chi connectivity index (χ3n) is 6.65. The molecule has 0 aromatic rings. The van der Waals surface area contributed by atoms with E-state index in [9.17, 15) is 4.79 Å². The predicted molar refractivity (Wildman–Crippen MR) is 138 cm³/mol. The number of nitrogens with zero attached hydrogens (tertiary/aromatic N) is 2. The van der Waals surface area contributed by atoms with Gasteiger partial charge in [0.15, 0.2) is 0 Å². The SMILES string of the molecule is [C-]#[N+]CCOP(OCCCCCCCC(=O)OCC1[C@H]2CCC#CCC[C@@H]12)N(C(C)C)C(C)C. The molecule has 2 aliphatic rings. The molecule has 1 saturated carbocycles. The maximum absolute atomic E-state index is 12.1. The number of unbranched alkanes of at least 4 members (excludes halogenated alkanes) is 4. The van der Waals surface area contributed by atoms with Crippen LogP contribution in [0.25, 0.3) is 4.85 Å². The lowest BCUT2D eigenvalue weighted by molar-refractivity contribution is -0.144. The van der Waals surface area contributed by atoms with Crippen molar-refractivity contribution in [3.8, 4) is 11.8 Å². The molecule has 0 spiro atoms. The van der Waals surface area contributed by atoms with Gasteiger partial charge in [-0.2, -0.15) is 0 Å². The van der Waals surface area contributed by atoms with Crippen molar-refractivity contribution in [2.24, 2.45) is 17.8 Å². The molecule has 1 fully saturated rings. The molecule has 0 aromatic carbocycles. The van der Waals surface area contributed by atoms with Crippen molar-refractivity contribution >= 4 is 14.5 Å². The van der Waals surface area contributed by atoms with E-state index in [1.165, 1.54) is 12.8 Å². The second-order valence-corrected chi connectivity index (χ2v) is 11.4. The molecule has 0 N–H and O–H groups in total. The van der Waals surface area contributed by atoms with E-state index in [2.05, 4.69) is 49.1 Å². The number of carbonyl (C=O) groups excluding carboxylic acids is 1. The van der Waals surface area contributed by atoms with E-state index < -0.39 is 8.53 Å². The maximum Gasteiger partial charge on any atom is 0.305 e. The highest BCUT2D eigenvalue weighted by molar-refractivity contribution is 7.44. The molecule has 0 radical (unpaired) electrons. The normalized spacial score (nSPS) is 22.4. The Kier molecular flexibility index (Phi) is 14.1. The van der Waals surface area contributed by atoms with Crippen LogP contribution in [0.15, 0.2) is 0 Å². The van der Waals surface area contributed by atoms with E-state index in [-0.39, 0.29) is 5.97 Å². The van der Waals surface area contributed by atoms with Gasteiger partial charge >= 0.3 is 5.97 Å². The van der Waals surface area contributed by atoms with Gasteiger partial charge in [-0.1, -0.05) is 19.3 Å². The minimum absolute atomic E-state index is 0.0384. The summed E-state index contributed by atoms with van der Waals surface area (Å²) in [6.07, 6.45) is 9.97. The summed E-state index contributed by atoms with van der Waals surface area (Å²) < 4.78 is 19.9. The number of hydrogen-bond acceptors (Lipinski definition) is 5. The minimum atomic E-state index is -1.14. The Morgan fingerprint density at radius 1 is 0.971 bits per heavy atom. The van der Waals surface area contributed by atoms with Crippen molar-refractivity contribution in [2.75, 3.05) is 26.4 Å². The number of ether oxygens (including phenoxy) is 1.